The van der Waals surface area contributed by atoms with Crippen LogP contribution in [-0.4, -0.2) is 34.3 Å². The van der Waals surface area contributed by atoms with E-state index >= 15 is 0 Å². The van der Waals surface area contributed by atoms with E-state index in [0.717, 1.165) is 22.2 Å². The largest absolute Gasteiger partial charge is 0.481 e. The van der Waals surface area contributed by atoms with E-state index in [1.165, 1.54) is 0 Å². The number of carbonyl (C=O) groups excluding carboxylic acids is 2. The second-order valence-corrected chi connectivity index (χ2v) is 7.29. The van der Waals surface area contributed by atoms with Crippen molar-refractivity contribution in [3.8, 4) is 5.75 Å². The maximum Gasteiger partial charge on any atom is 0.341 e. The van der Waals surface area contributed by atoms with Gasteiger partial charge in [-0.1, -0.05) is 55.0 Å². The zero-order valence-corrected chi connectivity index (χ0v) is 17.8. The van der Waals surface area contributed by atoms with Crippen LogP contribution in [0.2, 0.25) is 0 Å². The van der Waals surface area contributed by atoms with E-state index in [4.69, 9.17) is 4.74 Å². The number of aldehydes is 1. The Hall–Kier alpha value is -3.67. The van der Waals surface area contributed by atoms with E-state index in [2.05, 4.69) is 0 Å². The van der Waals surface area contributed by atoms with E-state index in [1.807, 2.05) is 73.9 Å². The minimum atomic E-state index is -1.12. The third-order valence-corrected chi connectivity index (χ3v) is 5.15. The van der Waals surface area contributed by atoms with Crippen LogP contribution in [0, 0.1) is 0 Å². The molecule has 1 heterocycles. The highest BCUT2D eigenvalue weighted by Gasteiger charge is 2.26. The Morgan fingerprint density at radius 2 is 1.97 bits per heavy atom. The number of carboxylic acid groups (broad SMARTS) is 1. The van der Waals surface area contributed by atoms with Gasteiger partial charge in [0.15, 0.2) is 12.9 Å². The number of carbonyl (C=O) groups is 3. The number of rotatable bonds is 9. The summed E-state index contributed by atoms with van der Waals surface area (Å²) in [5, 5.41) is 11.2. The van der Waals surface area contributed by atoms with E-state index in [0.29, 0.717) is 35.8 Å². The number of aliphatic carboxylic acids is 1. The predicted molar refractivity (Wildman–Crippen MR) is 121 cm³/mol. The van der Waals surface area contributed by atoms with Crippen molar-refractivity contribution in [3.05, 3.63) is 65.4 Å². The minimum absolute atomic E-state index is 0.275. The quantitative estimate of drug-likeness (QED) is 0.235. The van der Waals surface area contributed by atoms with Crippen LogP contribution in [0.1, 0.15) is 36.8 Å². The molecule has 160 valence electrons. The van der Waals surface area contributed by atoms with Gasteiger partial charge in [-0.05, 0) is 31.7 Å². The van der Waals surface area contributed by atoms with Crippen LogP contribution in [0.25, 0.3) is 21.7 Å². The number of ether oxygens (including phenoxy) is 1. The van der Waals surface area contributed by atoms with Gasteiger partial charge in [0.1, 0.15) is 5.75 Å². The standard InChI is InChI=1S/C25H25NO5/c1-4-6-9-16(3)13-26-19(5-2)23(21(28)14-27)24-20(26)12-17-10-7-8-11-18(17)25(24)31-15-22(29)30/h4,6-12,14H,5,13,15H2,1-3H3,(H,29,30)/b6-4-,16-9+. The Bertz CT molecular complexity index is 1230. The topological polar surface area (TPSA) is 85.6 Å². The van der Waals surface area contributed by atoms with Gasteiger partial charge < -0.3 is 14.4 Å². The normalized spacial score (nSPS) is 12.0. The van der Waals surface area contributed by atoms with Gasteiger partial charge >= 0.3 is 5.97 Å². The average Bonchev–Trinajstić information content (AvgIpc) is 3.07. The second kappa shape index (κ2) is 9.43. The van der Waals surface area contributed by atoms with Gasteiger partial charge in [-0.15, -0.1) is 0 Å². The molecule has 0 atom stereocenters. The van der Waals surface area contributed by atoms with Gasteiger partial charge in [-0.25, -0.2) is 4.79 Å². The summed E-state index contributed by atoms with van der Waals surface area (Å²) in [6.45, 7) is 5.83. The summed E-state index contributed by atoms with van der Waals surface area (Å²) in [7, 11) is 0. The molecule has 0 aliphatic carbocycles. The highest BCUT2D eigenvalue weighted by Crippen LogP contribution is 2.40. The van der Waals surface area contributed by atoms with Crippen molar-refractivity contribution in [3.63, 3.8) is 0 Å². The Kier molecular flexibility index (Phi) is 6.70. The predicted octanol–water partition coefficient (Wildman–Crippen LogP) is 4.72. The molecule has 0 spiro atoms. The van der Waals surface area contributed by atoms with Crippen LogP contribution in [0.4, 0.5) is 0 Å². The van der Waals surface area contributed by atoms with Crippen LogP contribution in [0.3, 0.4) is 0 Å². The van der Waals surface area contributed by atoms with Crippen LogP contribution >= 0.6 is 0 Å². The van der Waals surface area contributed by atoms with Crippen molar-refractivity contribution >= 4 is 39.7 Å². The molecular weight excluding hydrogens is 394 g/mol. The molecule has 0 radical (unpaired) electrons. The van der Waals surface area contributed by atoms with Crippen LogP contribution in [0.5, 0.6) is 5.75 Å². The SMILES string of the molecule is C/C=C\C=C(/C)Cn1c(CC)c(C(=O)C=O)c2c(OCC(=O)O)c3ccccc3cc21. The molecule has 0 unspecified atom stereocenters. The lowest BCUT2D eigenvalue weighted by Crippen LogP contribution is -2.10. The first kappa shape index (κ1) is 22.0. The molecule has 0 aliphatic rings. The number of ketones is 1. The zero-order valence-electron chi connectivity index (χ0n) is 17.8. The van der Waals surface area contributed by atoms with Crippen molar-refractivity contribution in [1.29, 1.82) is 0 Å². The average molecular weight is 419 g/mol. The summed E-state index contributed by atoms with van der Waals surface area (Å²) in [6.07, 6.45) is 6.70. The molecule has 1 aromatic heterocycles. The number of hydrogen-bond acceptors (Lipinski definition) is 4. The van der Waals surface area contributed by atoms with Gasteiger partial charge in [-0.3, -0.25) is 9.59 Å². The molecule has 0 saturated carbocycles. The van der Waals surface area contributed by atoms with Crippen LogP contribution < -0.4 is 4.74 Å². The number of fused-ring (bicyclic) bond motifs is 2. The molecular formula is C25H25NO5. The van der Waals surface area contributed by atoms with Crippen molar-refractivity contribution in [2.24, 2.45) is 0 Å². The molecule has 3 aromatic rings. The number of benzene rings is 2. The smallest absolute Gasteiger partial charge is 0.341 e. The molecule has 1 N–H and O–H groups in total. The summed E-state index contributed by atoms with van der Waals surface area (Å²) in [5.41, 5.74) is 2.79. The van der Waals surface area contributed by atoms with E-state index in [-0.39, 0.29) is 5.56 Å². The lowest BCUT2D eigenvalue weighted by atomic mass is 10.0. The van der Waals surface area contributed by atoms with E-state index in [1.54, 1.807) is 0 Å². The number of carboxylic acids is 1. The van der Waals surface area contributed by atoms with Crippen molar-refractivity contribution in [1.82, 2.24) is 4.57 Å². The molecule has 2 aromatic carbocycles. The van der Waals surface area contributed by atoms with E-state index < -0.39 is 18.4 Å². The fourth-order valence-electron chi connectivity index (χ4n) is 3.90. The Morgan fingerprint density at radius 3 is 2.61 bits per heavy atom. The molecule has 3 rings (SSSR count). The van der Waals surface area contributed by atoms with Crippen molar-refractivity contribution in [2.45, 2.75) is 33.7 Å². The molecule has 0 saturated heterocycles. The summed E-state index contributed by atoms with van der Waals surface area (Å²) < 4.78 is 7.72. The maximum atomic E-state index is 12.7. The molecule has 31 heavy (non-hydrogen) atoms. The third-order valence-electron chi connectivity index (χ3n) is 5.15. The van der Waals surface area contributed by atoms with Crippen molar-refractivity contribution < 1.29 is 24.2 Å². The summed E-state index contributed by atoms with van der Waals surface area (Å²) in [6, 6.07) is 9.40. The van der Waals surface area contributed by atoms with Crippen LogP contribution in [-0.2, 0) is 22.6 Å². The van der Waals surface area contributed by atoms with Gasteiger partial charge in [-0.2, -0.15) is 0 Å². The molecule has 0 fully saturated rings. The number of nitrogens with zero attached hydrogens (tertiary/aromatic N) is 1. The highest BCUT2D eigenvalue weighted by atomic mass is 16.5. The molecule has 0 aliphatic heterocycles. The fourth-order valence-corrected chi connectivity index (χ4v) is 3.90. The Balaban J connectivity index is 2.45. The van der Waals surface area contributed by atoms with Crippen molar-refractivity contribution in [2.75, 3.05) is 6.61 Å². The first-order valence-electron chi connectivity index (χ1n) is 10.1. The first-order chi connectivity index (χ1) is 14.9. The Labute approximate surface area is 180 Å². The maximum absolute atomic E-state index is 12.7. The number of Topliss-reactive ketones (excluding diaryl/α,β-unsaturated/α-hetero) is 1. The molecule has 0 amide bonds. The third kappa shape index (κ3) is 4.28. The van der Waals surface area contributed by atoms with Gasteiger partial charge in [0.05, 0.1) is 16.5 Å². The molecule has 6 heteroatoms. The Morgan fingerprint density at radius 1 is 1.23 bits per heavy atom. The fraction of sp³-hybridized carbons (Fsp3) is 0.240. The van der Waals surface area contributed by atoms with Gasteiger partial charge in [0.2, 0.25) is 5.78 Å². The van der Waals surface area contributed by atoms with E-state index in [9.17, 15) is 19.5 Å². The number of aromatic nitrogens is 1. The summed E-state index contributed by atoms with van der Waals surface area (Å²) >= 11 is 0. The first-order valence-corrected chi connectivity index (χ1v) is 10.1. The summed E-state index contributed by atoms with van der Waals surface area (Å²) in [4.78, 5) is 35.5. The molecule has 6 nitrogen and oxygen atoms in total. The number of allylic oxidation sites excluding steroid dienone is 4. The highest BCUT2D eigenvalue weighted by molar-refractivity contribution is 6.38. The lowest BCUT2D eigenvalue weighted by molar-refractivity contribution is -0.139. The van der Waals surface area contributed by atoms with Crippen LogP contribution in [0.15, 0.2) is 54.1 Å². The summed E-state index contributed by atoms with van der Waals surface area (Å²) in [5.74, 6) is -1.46. The zero-order chi connectivity index (χ0) is 22.5. The van der Waals surface area contributed by atoms with Gasteiger partial charge in [0, 0.05) is 17.6 Å². The minimum Gasteiger partial charge on any atom is -0.481 e. The van der Waals surface area contributed by atoms with Gasteiger partial charge in [0.25, 0.3) is 0 Å². The lowest BCUT2D eigenvalue weighted by Gasteiger charge is -2.13. The second-order valence-electron chi connectivity index (χ2n) is 7.29. The number of hydrogen-bond donors (Lipinski definition) is 1. The molecule has 0 bridgehead atoms. The monoisotopic (exact) mass is 419 g/mol.